The summed E-state index contributed by atoms with van der Waals surface area (Å²) >= 11 is 0. The van der Waals surface area contributed by atoms with Gasteiger partial charge in [-0.05, 0) is 29.8 Å². The van der Waals surface area contributed by atoms with Gasteiger partial charge in [0.05, 0.1) is 32.6 Å². The molecule has 0 aliphatic carbocycles. The van der Waals surface area contributed by atoms with E-state index < -0.39 is 0 Å². The molecule has 0 atom stereocenters. The van der Waals surface area contributed by atoms with Gasteiger partial charge in [0.2, 0.25) is 0 Å². The summed E-state index contributed by atoms with van der Waals surface area (Å²) in [5, 5.41) is 6.96. The van der Waals surface area contributed by atoms with Crippen molar-refractivity contribution in [2.75, 3.05) is 19.5 Å². The van der Waals surface area contributed by atoms with Gasteiger partial charge < -0.3 is 14.8 Å². The number of carbonyl (C=O) groups excluding carboxylic acids is 1. The second-order valence-electron chi connectivity index (χ2n) is 5.61. The van der Waals surface area contributed by atoms with E-state index in [0.29, 0.717) is 29.3 Å². The molecule has 1 heterocycles. The molecule has 3 aromatic rings. The third-order valence-electron chi connectivity index (χ3n) is 3.74. The number of benzene rings is 2. The fraction of sp³-hybridized carbons (Fsp3) is 0.158. The lowest BCUT2D eigenvalue weighted by atomic mass is 10.2. The molecule has 1 amide bonds. The zero-order valence-corrected chi connectivity index (χ0v) is 14.4. The van der Waals surface area contributed by atoms with Crippen LogP contribution in [0.4, 0.5) is 10.1 Å². The van der Waals surface area contributed by atoms with Crippen molar-refractivity contribution in [3.8, 4) is 11.5 Å². The van der Waals surface area contributed by atoms with Crippen LogP contribution < -0.4 is 14.8 Å². The van der Waals surface area contributed by atoms with E-state index in [1.165, 1.54) is 32.5 Å². The molecule has 0 bridgehead atoms. The van der Waals surface area contributed by atoms with Crippen LogP contribution in [-0.4, -0.2) is 29.9 Å². The van der Waals surface area contributed by atoms with E-state index >= 15 is 0 Å². The first-order valence-electron chi connectivity index (χ1n) is 7.88. The van der Waals surface area contributed by atoms with Crippen molar-refractivity contribution < 1.29 is 18.7 Å². The van der Waals surface area contributed by atoms with Crippen molar-refractivity contribution >= 4 is 11.6 Å². The maximum Gasteiger partial charge on any atom is 0.256 e. The summed E-state index contributed by atoms with van der Waals surface area (Å²) in [6, 6.07) is 11.2. The Balaban J connectivity index is 1.71. The molecular formula is C19H18FN3O3. The van der Waals surface area contributed by atoms with Crippen molar-refractivity contribution in [1.29, 1.82) is 0 Å². The quantitative estimate of drug-likeness (QED) is 0.736. The lowest BCUT2D eigenvalue weighted by Crippen LogP contribution is -2.11. The fourth-order valence-electron chi connectivity index (χ4n) is 2.48. The van der Waals surface area contributed by atoms with Crippen molar-refractivity contribution in [2.24, 2.45) is 0 Å². The number of ether oxygens (including phenoxy) is 2. The van der Waals surface area contributed by atoms with Crippen molar-refractivity contribution in [2.45, 2.75) is 6.54 Å². The number of nitrogens with one attached hydrogen (secondary N) is 1. The first-order chi connectivity index (χ1) is 12.6. The molecule has 7 heteroatoms. The molecule has 0 spiro atoms. The highest BCUT2D eigenvalue weighted by Crippen LogP contribution is 2.23. The topological polar surface area (TPSA) is 65.4 Å². The zero-order chi connectivity index (χ0) is 18.5. The number of nitrogens with zero attached hydrogens (tertiary/aromatic N) is 2. The first kappa shape index (κ1) is 17.5. The normalized spacial score (nSPS) is 10.4. The molecule has 0 aliphatic rings. The second-order valence-corrected chi connectivity index (χ2v) is 5.61. The largest absolute Gasteiger partial charge is 0.497 e. The van der Waals surface area contributed by atoms with E-state index in [9.17, 15) is 9.18 Å². The molecule has 0 radical (unpaired) electrons. The lowest BCUT2D eigenvalue weighted by molar-refractivity contribution is 0.102. The van der Waals surface area contributed by atoms with E-state index in [1.54, 1.807) is 35.1 Å². The average Bonchev–Trinajstić information content (AvgIpc) is 3.07. The number of halogens is 1. The Morgan fingerprint density at radius 2 is 1.88 bits per heavy atom. The molecule has 26 heavy (non-hydrogen) atoms. The number of hydrogen-bond acceptors (Lipinski definition) is 4. The predicted molar refractivity (Wildman–Crippen MR) is 95.2 cm³/mol. The smallest absolute Gasteiger partial charge is 0.256 e. The average molecular weight is 355 g/mol. The number of anilines is 1. The first-order valence-corrected chi connectivity index (χ1v) is 7.88. The van der Waals surface area contributed by atoms with E-state index in [-0.39, 0.29) is 11.7 Å². The van der Waals surface area contributed by atoms with Gasteiger partial charge in [0.25, 0.3) is 5.91 Å². The predicted octanol–water partition coefficient (Wildman–Crippen LogP) is 3.34. The zero-order valence-electron chi connectivity index (χ0n) is 14.4. The van der Waals surface area contributed by atoms with Gasteiger partial charge in [-0.25, -0.2) is 4.39 Å². The van der Waals surface area contributed by atoms with Crippen LogP contribution in [0.3, 0.4) is 0 Å². The maximum atomic E-state index is 13.3. The minimum atomic E-state index is -0.312. The Morgan fingerprint density at radius 3 is 2.54 bits per heavy atom. The highest BCUT2D eigenvalue weighted by Gasteiger charge is 2.11. The Labute approximate surface area is 150 Å². The van der Waals surface area contributed by atoms with Crippen molar-refractivity contribution in [1.82, 2.24) is 9.78 Å². The maximum absolute atomic E-state index is 13.3. The van der Waals surface area contributed by atoms with E-state index in [1.807, 2.05) is 6.07 Å². The van der Waals surface area contributed by atoms with E-state index in [4.69, 9.17) is 9.47 Å². The molecular weight excluding hydrogens is 337 g/mol. The Morgan fingerprint density at radius 1 is 1.15 bits per heavy atom. The SMILES string of the molecule is COc1cc(OC)cc(C(=O)Nc2cnn(Cc3cccc(F)c3)c2)c1. The standard InChI is InChI=1S/C19H18FN3O3/c1-25-17-7-14(8-18(9-17)26-2)19(24)22-16-10-21-23(12-16)11-13-4-3-5-15(20)6-13/h3-10,12H,11H2,1-2H3,(H,22,24). The van der Waals surface area contributed by atoms with E-state index in [0.717, 1.165) is 5.56 Å². The number of hydrogen-bond donors (Lipinski definition) is 1. The highest BCUT2D eigenvalue weighted by atomic mass is 19.1. The summed E-state index contributed by atoms with van der Waals surface area (Å²) < 4.78 is 25.2. The number of rotatable bonds is 6. The molecule has 0 unspecified atom stereocenters. The third kappa shape index (κ3) is 4.18. The summed E-state index contributed by atoms with van der Waals surface area (Å²) in [6.45, 7) is 0.403. The summed E-state index contributed by atoms with van der Waals surface area (Å²) in [6.07, 6.45) is 3.22. The lowest BCUT2D eigenvalue weighted by Gasteiger charge is -2.08. The van der Waals surface area contributed by atoms with Gasteiger partial charge in [0, 0.05) is 17.8 Å². The summed E-state index contributed by atoms with van der Waals surface area (Å²) in [5.41, 5.74) is 1.72. The number of methoxy groups -OCH3 is 2. The molecule has 1 N–H and O–H groups in total. The van der Waals surface area contributed by atoms with Crippen LogP contribution >= 0.6 is 0 Å². The van der Waals surface area contributed by atoms with Gasteiger partial charge in [-0.1, -0.05) is 12.1 Å². The molecule has 6 nitrogen and oxygen atoms in total. The number of aromatic nitrogens is 2. The van der Waals surface area contributed by atoms with Crippen LogP contribution in [0, 0.1) is 5.82 Å². The second kappa shape index (κ2) is 7.69. The Hall–Kier alpha value is -3.35. The van der Waals surface area contributed by atoms with Gasteiger partial charge in [0.15, 0.2) is 0 Å². The summed E-state index contributed by atoms with van der Waals surface area (Å²) in [7, 11) is 3.04. The minimum absolute atomic E-state index is 0.296. The molecule has 0 fully saturated rings. The van der Waals surface area contributed by atoms with Crippen LogP contribution in [0.1, 0.15) is 15.9 Å². The van der Waals surface area contributed by atoms with Crippen molar-refractivity contribution in [3.05, 3.63) is 71.8 Å². The van der Waals surface area contributed by atoms with Gasteiger partial charge in [-0.15, -0.1) is 0 Å². The van der Waals surface area contributed by atoms with Gasteiger partial charge in [-0.2, -0.15) is 5.10 Å². The third-order valence-corrected chi connectivity index (χ3v) is 3.74. The van der Waals surface area contributed by atoms with Crippen LogP contribution in [0.5, 0.6) is 11.5 Å². The fourth-order valence-corrected chi connectivity index (χ4v) is 2.48. The molecule has 134 valence electrons. The summed E-state index contributed by atoms with van der Waals surface area (Å²) in [5.74, 6) is 0.440. The molecule has 0 saturated carbocycles. The molecule has 0 aliphatic heterocycles. The summed E-state index contributed by atoms with van der Waals surface area (Å²) in [4.78, 5) is 12.5. The number of carbonyl (C=O) groups is 1. The highest BCUT2D eigenvalue weighted by molar-refractivity contribution is 6.04. The molecule has 0 saturated heterocycles. The Kier molecular flexibility index (Phi) is 5.17. The van der Waals surface area contributed by atoms with E-state index in [2.05, 4.69) is 10.4 Å². The van der Waals surface area contributed by atoms with Crippen LogP contribution in [-0.2, 0) is 6.54 Å². The monoisotopic (exact) mass is 355 g/mol. The van der Waals surface area contributed by atoms with Gasteiger partial charge in [0.1, 0.15) is 17.3 Å². The van der Waals surface area contributed by atoms with Gasteiger partial charge >= 0.3 is 0 Å². The van der Waals surface area contributed by atoms with Crippen LogP contribution in [0.15, 0.2) is 54.9 Å². The Bertz CT molecular complexity index is 902. The number of amides is 1. The van der Waals surface area contributed by atoms with Gasteiger partial charge in [-0.3, -0.25) is 9.48 Å². The molecule has 2 aromatic carbocycles. The minimum Gasteiger partial charge on any atom is -0.497 e. The molecule has 1 aromatic heterocycles. The van der Waals surface area contributed by atoms with Crippen LogP contribution in [0.2, 0.25) is 0 Å². The van der Waals surface area contributed by atoms with Crippen LogP contribution in [0.25, 0.3) is 0 Å². The van der Waals surface area contributed by atoms with Crippen molar-refractivity contribution in [3.63, 3.8) is 0 Å². The molecule has 3 rings (SSSR count).